The summed E-state index contributed by atoms with van der Waals surface area (Å²) in [4.78, 5) is 11.5. The van der Waals surface area contributed by atoms with Gasteiger partial charge in [0.25, 0.3) is 0 Å². The fraction of sp³-hybridized carbons (Fsp3) is 0.750. The molecule has 0 heterocycles. The van der Waals surface area contributed by atoms with Crippen molar-refractivity contribution < 1.29 is 4.79 Å². The molecular formula is C12H24N2O. The average Bonchev–Trinajstić information content (AvgIpc) is 2.22. The SMILES string of the molecule is C=CCCC(C)NC(C)C(=O)NCCC. The Balaban J connectivity index is 3.74. The Bertz CT molecular complexity index is 192. The first-order valence-corrected chi connectivity index (χ1v) is 5.76. The van der Waals surface area contributed by atoms with Gasteiger partial charge in [0.05, 0.1) is 6.04 Å². The highest BCUT2D eigenvalue weighted by molar-refractivity contribution is 5.81. The van der Waals surface area contributed by atoms with Gasteiger partial charge in [0.15, 0.2) is 0 Å². The lowest BCUT2D eigenvalue weighted by molar-refractivity contribution is -0.122. The summed E-state index contributed by atoms with van der Waals surface area (Å²) in [7, 11) is 0. The van der Waals surface area contributed by atoms with Crippen molar-refractivity contribution in [2.24, 2.45) is 0 Å². The fourth-order valence-electron chi connectivity index (χ4n) is 1.35. The molecule has 0 aromatic rings. The van der Waals surface area contributed by atoms with Crippen molar-refractivity contribution in [3.63, 3.8) is 0 Å². The first-order chi connectivity index (χ1) is 7.11. The predicted octanol–water partition coefficient (Wildman–Crippen LogP) is 1.85. The van der Waals surface area contributed by atoms with Crippen LogP contribution in [0.3, 0.4) is 0 Å². The summed E-state index contributed by atoms with van der Waals surface area (Å²) in [6.45, 7) is 10.5. The van der Waals surface area contributed by atoms with E-state index in [1.54, 1.807) is 0 Å². The standard InChI is InChI=1S/C12H24N2O/c1-5-7-8-10(3)14-11(4)12(15)13-9-6-2/h5,10-11,14H,1,6-9H2,2-4H3,(H,13,15). The second kappa shape index (κ2) is 8.48. The zero-order valence-electron chi connectivity index (χ0n) is 10.2. The Morgan fingerprint density at radius 2 is 2.13 bits per heavy atom. The highest BCUT2D eigenvalue weighted by atomic mass is 16.2. The maximum atomic E-state index is 11.5. The Hall–Kier alpha value is -0.830. The fourth-order valence-corrected chi connectivity index (χ4v) is 1.35. The topological polar surface area (TPSA) is 41.1 Å². The molecule has 3 nitrogen and oxygen atoms in total. The van der Waals surface area contributed by atoms with Crippen LogP contribution < -0.4 is 10.6 Å². The molecule has 0 rings (SSSR count). The zero-order valence-corrected chi connectivity index (χ0v) is 10.2. The van der Waals surface area contributed by atoms with Crippen LogP contribution >= 0.6 is 0 Å². The molecule has 0 saturated carbocycles. The van der Waals surface area contributed by atoms with E-state index in [0.29, 0.717) is 6.04 Å². The zero-order chi connectivity index (χ0) is 11.7. The molecule has 2 atom stereocenters. The lowest BCUT2D eigenvalue weighted by Gasteiger charge is -2.19. The number of allylic oxidation sites excluding steroid dienone is 1. The van der Waals surface area contributed by atoms with E-state index in [1.807, 2.05) is 19.9 Å². The first kappa shape index (κ1) is 14.2. The minimum atomic E-state index is -0.114. The van der Waals surface area contributed by atoms with Crippen LogP contribution in [-0.4, -0.2) is 24.5 Å². The molecule has 88 valence electrons. The van der Waals surface area contributed by atoms with Gasteiger partial charge in [0.2, 0.25) is 5.91 Å². The van der Waals surface area contributed by atoms with Gasteiger partial charge in [-0.05, 0) is 33.1 Å². The van der Waals surface area contributed by atoms with Gasteiger partial charge in [0.1, 0.15) is 0 Å². The van der Waals surface area contributed by atoms with Crippen molar-refractivity contribution in [3.8, 4) is 0 Å². The Kier molecular flexibility index (Phi) is 8.01. The van der Waals surface area contributed by atoms with Gasteiger partial charge in [-0.15, -0.1) is 6.58 Å². The summed E-state index contributed by atoms with van der Waals surface area (Å²) in [5.41, 5.74) is 0. The molecule has 0 aliphatic carbocycles. The maximum Gasteiger partial charge on any atom is 0.236 e. The van der Waals surface area contributed by atoms with Gasteiger partial charge >= 0.3 is 0 Å². The molecule has 0 aliphatic rings. The number of carbonyl (C=O) groups excluding carboxylic acids is 1. The molecule has 3 heteroatoms. The van der Waals surface area contributed by atoms with E-state index in [-0.39, 0.29) is 11.9 Å². The molecule has 2 unspecified atom stereocenters. The van der Waals surface area contributed by atoms with Gasteiger partial charge < -0.3 is 10.6 Å². The van der Waals surface area contributed by atoms with Gasteiger partial charge in [-0.3, -0.25) is 4.79 Å². The number of hydrogen-bond acceptors (Lipinski definition) is 2. The van der Waals surface area contributed by atoms with Crippen molar-refractivity contribution in [2.75, 3.05) is 6.54 Å². The number of carbonyl (C=O) groups is 1. The lowest BCUT2D eigenvalue weighted by atomic mass is 10.1. The quantitative estimate of drug-likeness (QED) is 0.603. The first-order valence-electron chi connectivity index (χ1n) is 5.76. The molecule has 0 radical (unpaired) electrons. The number of amides is 1. The lowest BCUT2D eigenvalue weighted by Crippen LogP contribution is -2.45. The molecule has 0 fully saturated rings. The van der Waals surface area contributed by atoms with Crippen molar-refractivity contribution in [2.45, 2.75) is 52.1 Å². The van der Waals surface area contributed by atoms with Crippen LogP contribution in [0.4, 0.5) is 0 Å². The Labute approximate surface area is 93.3 Å². The number of nitrogens with one attached hydrogen (secondary N) is 2. The molecule has 0 aliphatic heterocycles. The van der Waals surface area contributed by atoms with Gasteiger partial charge in [-0.2, -0.15) is 0 Å². The monoisotopic (exact) mass is 212 g/mol. The summed E-state index contributed by atoms with van der Waals surface area (Å²) >= 11 is 0. The summed E-state index contributed by atoms with van der Waals surface area (Å²) in [6.07, 6.45) is 4.89. The summed E-state index contributed by atoms with van der Waals surface area (Å²) in [6, 6.07) is 0.238. The van der Waals surface area contributed by atoms with E-state index < -0.39 is 0 Å². The van der Waals surface area contributed by atoms with Crippen molar-refractivity contribution in [1.82, 2.24) is 10.6 Å². The average molecular weight is 212 g/mol. The van der Waals surface area contributed by atoms with E-state index in [0.717, 1.165) is 25.8 Å². The number of rotatable bonds is 8. The van der Waals surface area contributed by atoms with Gasteiger partial charge in [0, 0.05) is 12.6 Å². The molecule has 0 aromatic carbocycles. The second-order valence-electron chi connectivity index (χ2n) is 3.95. The van der Waals surface area contributed by atoms with Crippen LogP contribution in [0, 0.1) is 0 Å². The third kappa shape index (κ3) is 7.14. The third-order valence-electron chi connectivity index (χ3n) is 2.28. The van der Waals surface area contributed by atoms with E-state index in [1.165, 1.54) is 0 Å². The molecule has 0 spiro atoms. The largest absolute Gasteiger partial charge is 0.355 e. The molecule has 0 bridgehead atoms. The van der Waals surface area contributed by atoms with Crippen molar-refractivity contribution >= 4 is 5.91 Å². The minimum absolute atomic E-state index is 0.0855. The summed E-state index contributed by atoms with van der Waals surface area (Å²) < 4.78 is 0. The molecule has 2 N–H and O–H groups in total. The van der Waals surface area contributed by atoms with Gasteiger partial charge in [-0.1, -0.05) is 13.0 Å². The van der Waals surface area contributed by atoms with Crippen LogP contribution in [-0.2, 0) is 4.79 Å². The molecule has 0 aromatic heterocycles. The van der Waals surface area contributed by atoms with Crippen LogP contribution in [0.5, 0.6) is 0 Å². The Morgan fingerprint density at radius 1 is 1.47 bits per heavy atom. The van der Waals surface area contributed by atoms with Crippen molar-refractivity contribution in [1.29, 1.82) is 0 Å². The van der Waals surface area contributed by atoms with E-state index in [9.17, 15) is 4.79 Å². The normalized spacial score (nSPS) is 14.3. The smallest absolute Gasteiger partial charge is 0.236 e. The van der Waals surface area contributed by atoms with Crippen LogP contribution in [0.2, 0.25) is 0 Å². The second-order valence-corrected chi connectivity index (χ2v) is 3.95. The molecule has 15 heavy (non-hydrogen) atoms. The molecule has 1 amide bonds. The molecular weight excluding hydrogens is 188 g/mol. The number of hydrogen-bond donors (Lipinski definition) is 2. The highest BCUT2D eigenvalue weighted by Crippen LogP contribution is 1.98. The van der Waals surface area contributed by atoms with E-state index in [4.69, 9.17) is 0 Å². The van der Waals surface area contributed by atoms with Crippen LogP contribution in [0.1, 0.15) is 40.0 Å². The highest BCUT2D eigenvalue weighted by Gasteiger charge is 2.13. The minimum Gasteiger partial charge on any atom is -0.355 e. The van der Waals surface area contributed by atoms with Gasteiger partial charge in [-0.25, -0.2) is 0 Å². The third-order valence-corrected chi connectivity index (χ3v) is 2.28. The van der Waals surface area contributed by atoms with E-state index >= 15 is 0 Å². The van der Waals surface area contributed by atoms with Crippen molar-refractivity contribution in [3.05, 3.63) is 12.7 Å². The van der Waals surface area contributed by atoms with E-state index in [2.05, 4.69) is 24.1 Å². The Morgan fingerprint density at radius 3 is 2.67 bits per heavy atom. The predicted molar refractivity (Wildman–Crippen MR) is 64.8 cm³/mol. The van der Waals surface area contributed by atoms with Crippen LogP contribution in [0.25, 0.3) is 0 Å². The van der Waals surface area contributed by atoms with Crippen LogP contribution in [0.15, 0.2) is 12.7 Å². The molecule has 0 saturated heterocycles. The summed E-state index contributed by atoms with van der Waals surface area (Å²) in [5, 5.41) is 6.14. The summed E-state index contributed by atoms with van der Waals surface area (Å²) in [5.74, 6) is 0.0855. The maximum absolute atomic E-state index is 11.5.